The lowest BCUT2D eigenvalue weighted by atomic mass is 9.92. The zero-order valence-corrected chi connectivity index (χ0v) is 17.4. The molecule has 0 aliphatic carbocycles. The molecule has 5 heteroatoms. The molecule has 30 heavy (non-hydrogen) atoms. The van der Waals surface area contributed by atoms with Gasteiger partial charge in [0.05, 0.1) is 0 Å². The fourth-order valence-electron chi connectivity index (χ4n) is 3.72. The minimum absolute atomic E-state index is 0.0917. The Morgan fingerprint density at radius 2 is 1.70 bits per heavy atom. The topological polar surface area (TPSA) is 48.2 Å². The SMILES string of the molecule is Cc1nc(Oc2ccc(Cl)cc2[C@@H](C)c2ccccc2)c2oc3ccccc3c2n1. The van der Waals surface area contributed by atoms with Gasteiger partial charge in [0.2, 0.25) is 5.58 Å². The maximum atomic E-state index is 6.33. The van der Waals surface area contributed by atoms with E-state index in [4.69, 9.17) is 20.8 Å². The molecule has 2 heterocycles. The van der Waals surface area contributed by atoms with Crippen molar-refractivity contribution in [2.24, 2.45) is 0 Å². The van der Waals surface area contributed by atoms with Gasteiger partial charge >= 0.3 is 0 Å². The van der Waals surface area contributed by atoms with E-state index in [1.54, 1.807) is 0 Å². The van der Waals surface area contributed by atoms with E-state index >= 15 is 0 Å². The molecule has 0 aliphatic rings. The summed E-state index contributed by atoms with van der Waals surface area (Å²) in [5, 5.41) is 1.60. The van der Waals surface area contributed by atoms with Gasteiger partial charge in [0, 0.05) is 21.9 Å². The Hall–Kier alpha value is -3.37. The van der Waals surface area contributed by atoms with Gasteiger partial charge in [-0.05, 0) is 42.8 Å². The lowest BCUT2D eigenvalue weighted by Crippen LogP contribution is -2.01. The summed E-state index contributed by atoms with van der Waals surface area (Å²) in [6.45, 7) is 3.99. The zero-order valence-electron chi connectivity index (χ0n) is 16.6. The molecule has 0 N–H and O–H groups in total. The van der Waals surface area contributed by atoms with Crippen molar-refractivity contribution in [2.75, 3.05) is 0 Å². The van der Waals surface area contributed by atoms with Crippen LogP contribution in [0.5, 0.6) is 11.6 Å². The van der Waals surface area contributed by atoms with Crippen LogP contribution in [-0.4, -0.2) is 9.97 Å². The molecular formula is C25H19ClN2O2. The molecule has 0 amide bonds. The number of hydrogen-bond donors (Lipinski definition) is 0. The molecule has 0 spiro atoms. The Morgan fingerprint density at radius 3 is 2.53 bits per heavy atom. The van der Waals surface area contributed by atoms with Crippen molar-refractivity contribution in [3.8, 4) is 11.6 Å². The summed E-state index contributed by atoms with van der Waals surface area (Å²) in [6, 6.07) is 23.7. The molecule has 5 aromatic rings. The Bertz CT molecular complexity index is 1360. The van der Waals surface area contributed by atoms with Gasteiger partial charge in [-0.25, -0.2) is 4.98 Å². The molecule has 3 aromatic carbocycles. The summed E-state index contributed by atoms with van der Waals surface area (Å²) in [7, 11) is 0. The largest absolute Gasteiger partial charge is 0.449 e. The second-order valence-electron chi connectivity index (χ2n) is 7.27. The first kappa shape index (κ1) is 18.6. The predicted octanol–water partition coefficient (Wildman–Crippen LogP) is 7.28. The summed E-state index contributed by atoms with van der Waals surface area (Å²) in [5.41, 5.74) is 4.20. The van der Waals surface area contributed by atoms with E-state index < -0.39 is 0 Å². The van der Waals surface area contributed by atoms with Gasteiger partial charge in [-0.15, -0.1) is 0 Å². The Kier molecular flexibility index (Phi) is 4.64. The Labute approximate surface area is 179 Å². The summed E-state index contributed by atoms with van der Waals surface area (Å²) in [4.78, 5) is 9.11. The average Bonchev–Trinajstić information content (AvgIpc) is 3.14. The molecule has 0 saturated carbocycles. The molecule has 4 nitrogen and oxygen atoms in total. The van der Waals surface area contributed by atoms with E-state index in [0.29, 0.717) is 28.1 Å². The highest BCUT2D eigenvalue weighted by molar-refractivity contribution is 6.30. The fraction of sp³-hybridized carbons (Fsp3) is 0.120. The third-order valence-electron chi connectivity index (χ3n) is 5.25. The minimum Gasteiger partial charge on any atom is -0.449 e. The van der Waals surface area contributed by atoms with Gasteiger partial charge in [-0.1, -0.05) is 61.0 Å². The van der Waals surface area contributed by atoms with Gasteiger partial charge in [0.25, 0.3) is 5.88 Å². The summed E-state index contributed by atoms with van der Waals surface area (Å²) in [6.07, 6.45) is 0. The zero-order chi connectivity index (χ0) is 20.7. The number of halogens is 1. The van der Waals surface area contributed by atoms with Crippen LogP contribution in [0, 0.1) is 6.92 Å². The number of ether oxygens (including phenoxy) is 1. The Morgan fingerprint density at radius 1 is 0.933 bits per heavy atom. The standard InChI is InChI=1S/C25H19ClN2O2/c1-15(17-8-4-3-5-9-17)20-14-18(26)12-13-22(20)30-25-24-23(27-16(2)28-25)19-10-6-7-11-21(19)29-24/h3-15H,1-2H3/t15-/m0/s1. The van der Waals surface area contributed by atoms with Crippen molar-refractivity contribution in [2.45, 2.75) is 19.8 Å². The number of para-hydroxylation sites is 1. The predicted molar refractivity (Wildman–Crippen MR) is 120 cm³/mol. The maximum Gasteiger partial charge on any atom is 0.267 e. The number of benzene rings is 3. The van der Waals surface area contributed by atoms with Crippen LogP contribution >= 0.6 is 11.6 Å². The number of aromatic nitrogens is 2. The van der Waals surface area contributed by atoms with Gasteiger partial charge in [0.15, 0.2) is 0 Å². The first-order chi connectivity index (χ1) is 14.6. The van der Waals surface area contributed by atoms with Crippen LogP contribution in [0.2, 0.25) is 5.02 Å². The van der Waals surface area contributed by atoms with E-state index in [1.165, 1.54) is 5.56 Å². The van der Waals surface area contributed by atoms with Crippen LogP contribution in [0.4, 0.5) is 0 Å². The van der Waals surface area contributed by atoms with E-state index in [9.17, 15) is 0 Å². The molecule has 5 rings (SSSR count). The lowest BCUT2D eigenvalue weighted by molar-refractivity contribution is 0.448. The third-order valence-corrected chi connectivity index (χ3v) is 5.48. The van der Waals surface area contributed by atoms with Crippen LogP contribution in [0.25, 0.3) is 22.1 Å². The molecule has 148 valence electrons. The molecule has 0 aliphatic heterocycles. The normalized spacial score (nSPS) is 12.4. The van der Waals surface area contributed by atoms with Crippen LogP contribution in [0.3, 0.4) is 0 Å². The number of fused-ring (bicyclic) bond motifs is 3. The highest BCUT2D eigenvalue weighted by Crippen LogP contribution is 2.39. The van der Waals surface area contributed by atoms with Crippen molar-refractivity contribution >= 4 is 33.7 Å². The maximum absolute atomic E-state index is 6.33. The van der Waals surface area contributed by atoms with Crippen molar-refractivity contribution in [3.63, 3.8) is 0 Å². The summed E-state index contributed by atoms with van der Waals surface area (Å²) >= 11 is 6.33. The number of nitrogens with zero attached hydrogens (tertiary/aromatic N) is 2. The highest BCUT2D eigenvalue weighted by atomic mass is 35.5. The van der Waals surface area contributed by atoms with Crippen LogP contribution in [-0.2, 0) is 0 Å². The van der Waals surface area contributed by atoms with Crippen molar-refractivity contribution in [1.82, 2.24) is 9.97 Å². The smallest absolute Gasteiger partial charge is 0.267 e. The van der Waals surface area contributed by atoms with E-state index in [1.807, 2.05) is 67.6 Å². The van der Waals surface area contributed by atoms with E-state index in [0.717, 1.165) is 22.0 Å². The van der Waals surface area contributed by atoms with Crippen LogP contribution in [0.1, 0.15) is 29.8 Å². The summed E-state index contributed by atoms with van der Waals surface area (Å²) in [5.74, 6) is 1.80. The van der Waals surface area contributed by atoms with Gasteiger partial charge in [0.1, 0.15) is 22.7 Å². The van der Waals surface area contributed by atoms with Crippen molar-refractivity contribution in [1.29, 1.82) is 0 Å². The molecule has 0 fully saturated rings. The summed E-state index contributed by atoms with van der Waals surface area (Å²) < 4.78 is 12.4. The van der Waals surface area contributed by atoms with Gasteiger partial charge in [-0.3, -0.25) is 0 Å². The second-order valence-corrected chi connectivity index (χ2v) is 7.70. The van der Waals surface area contributed by atoms with E-state index in [2.05, 4.69) is 29.0 Å². The molecule has 1 atom stereocenters. The first-order valence-corrected chi connectivity index (χ1v) is 10.2. The number of aryl methyl sites for hydroxylation is 1. The molecule has 2 aromatic heterocycles. The van der Waals surface area contributed by atoms with Gasteiger partial charge < -0.3 is 9.15 Å². The van der Waals surface area contributed by atoms with Crippen LogP contribution in [0.15, 0.2) is 77.2 Å². The highest BCUT2D eigenvalue weighted by Gasteiger charge is 2.20. The monoisotopic (exact) mass is 414 g/mol. The van der Waals surface area contributed by atoms with Gasteiger partial charge in [-0.2, -0.15) is 4.98 Å². The molecule has 0 radical (unpaired) electrons. The minimum atomic E-state index is 0.0917. The van der Waals surface area contributed by atoms with Crippen LogP contribution < -0.4 is 4.74 Å². The molecule has 0 unspecified atom stereocenters. The Balaban J connectivity index is 1.64. The van der Waals surface area contributed by atoms with Crippen molar-refractivity contribution < 1.29 is 9.15 Å². The fourth-order valence-corrected chi connectivity index (χ4v) is 3.90. The number of hydrogen-bond acceptors (Lipinski definition) is 4. The number of furan rings is 1. The molecule has 0 saturated heterocycles. The van der Waals surface area contributed by atoms with Crippen molar-refractivity contribution in [3.05, 3.63) is 94.8 Å². The quantitative estimate of drug-likeness (QED) is 0.310. The lowest BCUT2D eigenvalue weighted by Gasteiger charge is -2.17. The first-order valence-electron chi connectivity index (χ1n) is 9.78. The number of rotatable bonds is 4. The molecule has 0 bridgehead atoms. The molecular weight excluding hydrogens is 396 g/mol. The van der Waals surface area contributed by atoms with E-state index in [-0.39, 0.29) is 5.92 Å². The average molecular weight is 415 g/mol. The second kappa shape index (κ2) is 7.47. The third kappa shape index (κ3) is 3.29.